The van der Waals surface area contributed by atoms with Crippen LogP contribution in [0.2, 0.25) is 5.02 Å². The van der Waals surface area contributed by atoms with Crippen LogP contribution in [0.5, 0.6) is 11.5 Å². The van der Waals surface area contributed by atoms with E-state index in [1.165, 1.54) is 0 Å². The molecule has 1 aliphatic carbocycles. The van der Waals surface area contributed by atoms with Crippen molar-refractivity contribution in [2.24, 2.45) is 0 Å². The third-order valence-electron chi connectivity index (χ3n) is 6.22. The lowest BCUT2D eigenvalue weighted by molar-refractivity contribution is -0.123. The topological polar surface area (TPSA) is 93.7 Å². The minimum absolute atomic E-state index is 0.0933. The van der Waals surface area contributed by atoms with Crippen LogP contribution in [-0.4, -0.2) is 32.3 Å². The first-order valence-electron chi connectivity index (χ1n) is 11.6. The fourth-order valence-electron chi connectivity index (χ4n) is 4.60. The molecular weight excluding hydrogens is 476 g/mol. The normalized spacial score (nSPS) is 18.6. The van der Waals surface area contributed by atoms with Crippen molar-refractivity contribution in [1.82, 2.24) is 5.32 Å². The monoisotopic (exact) mass is 506 g/mol. The number of fused-ring (bicyclic) bond motifs is 1. The van der Waals surface area contributed by atoms with Crippen LogP contribution in [0.1, 0.15) is 63.1 Å². The minimum atomic E-state index is -3.47. The number of benzene rings is 2. The lowest BCUT2D eigenvalue weighted by Gasteiger charge is -2.48. The number of hydrogen-bond acceptors (Lipinski definition) is 5. The lowest BCUT2D eigenvalue weighted by Crippen LogP contribution is -2.49. The maximum atomic E-state index is 13.0. The van der Waals surface area contributed by atoms with Gasteiger partial charge in [-0.15, -0.1) is 0 Å². The zero-order chi connectivity index (χ0) is 24.5. The van der Waals surface area contributed by atoms with Crippen LogP contribution in [0.4, 0.5) is 5.69 Å². The summed E-state index contributed by atoms with van der Waals surface area (Å²) in [6, 6.07) is 10.7. The first kappa shape index (κ1) is 24.7. The van der Waals surface area contributed by atoms with Crippen LogP contribution >= 0.6 is 11.6 Å². The summed E-state index contributed by atoms with van der Waals surface area (Å²) in [6.07, 6.45) is 5.40. The summed E-state index contributed by atoms with van der Waals surface area (Å²) >= 11 is 6.23. The van der Waals surface area contributed by atoms with E-state index in [-0.39, 0.29) is 30.1 Å². The molecule has 9 heteroatoms. The molecule has 7 nitrogen and oxygen atoms in total. The molecule has 1 aliphatic heterocycles. The molecule has 1 amide bonds. The van der Waals surface area contributed by atoms with Crippen molar-refractivity contribution in [2.45, 2.75) is 70.1 Å². The van der Waals surface area contributed by atoms with Crippen molar-refractivity contribution in [3.63, 3.8) is 0 Å². The summed E-state index contributed by atoms with van der Waals surface area (Å²) in [4.78, 5) is 13.0. The van der Waals surface area contributed by atoms with Gasteiger partial charge in [-0.3, -0.25) is 9.52 Å². The molecule has 0 bridgehead atoms. The molecule has 1 atom stereocenters. The Balaban J connectivity index is 1.49. The number of carbonyl (C=O) groups excluding carboxylic acids is 1. The third kappa shape index (κ3) is 5.78. The SMILES string of the molecule is CC(C)Oc1c(CCC(=O)NC2CC3(CCC3)Oc3ccc(Cl)cc32)cccc1NS(C)(=O)=O. The van der Waals surface area contributed by atoms with Crippen molar-refractivity contribution in [2.75, 3.05) is 11.0 Å². The quantitative estimate of drug-likeness (QED) is 0.525. The fourth-order valence-corrected chi connectivity index (χ4v) is 5.34. The molecule has 2 aliphatic rings. The van der Waals surface area contributed by atoms with Gasteiger partial charge in [-0.25, -0.2) is 8.42 Å². The molecule has 1 unspecified atom stereocenters. The number of sulfonamides is 1. The molecule has 2 aromatic rings. The molecule has 1 spiro atoms. The van der Waals surface area contributed by atoms with Gasteiger partial charge in [0.05, 0.1) is 24.1 Å². The van der Waals surface area contributed by atoms with E-state index >= 15 is 0 Å². The first-order valence-corrected chi connectivity index (χ1v) is 13.8. The number of rotatable bonds is 8. The Kier molecular flexibility index (Phi) is 7.01. The summed E-state index contributed by atoms with van der Waals surface area (Å²) in [5.74, 6) is 1.14. The van der Waals surface area contributed by atoms with Gasteiger partial charge in [0.15, 0.2) is 0 Å². The predicted molar refractivity (Wildman–Crippen MR) is 133 cm³/mol. The number of hydrogen-bond donors (Lipinski definition) is 2. The Morgan fingerprint density at radius 1 is 1.26 bits per heavy atom. The van der Waals surface area contributed by atoms with E-state index in [1.54, 1.807) is 12.1 Å². The Morgan fingerprint density at radius 3 is 2.68 bits per heavy atom. The van der Waals surface area contributed by atoms with Crippen LogP contribution in [0.3, 0.4) is 0 Å². The largest absolute Gasteiger partial charge is 0.489 e. The van der Waals surface area contributed by atoms with E-state index < -0.39 is 10.0 Å². The molecule has 0 radical (unpaired) electrons. The van der Waals surface area contributed by atoms with Crippen LogP contribution in [0.15, 0.2) is 36.4 Å². The van der Waals surface area contributed by atoms with Crippen molar-refractivity contribution >= 4 is 33.2 Å². The van der Waals surface area contributed by atoms with Gasteiger partial charge in [0.1, 0.15) is 17.1 Å². The molecule has 4 rings (SSSR count). The number of ether oxygens (including phenoxy) is 2. The number of nitrogens with one attached hydrogen (secondary N) is 2. The van der Waals surface area contributed by atoms with Crippen LogP contribution in [-0.2, 0) is 21.2 Å². The molecule has 184 valence electrons. The van der Waals surface area contributed by atoms with Crippen molar-refractivity contribution in [1.29, 1.82) is 0 Å². The van der Waals surface area contributed by atoms with E-state index in [4.69, 9.17) is 21.1 Å². The van der Waals surface area contributed by atoms with E-state index in [9.17, 15) is 13.2 Å². The zero-order valence-corrected chi connectivity index (χ0v) is 21.3. The van der Waals surface area contributed by atoms with Crippen molar-refractivity contribution in [3.8, 4) is 11.5 Å². The van der Waals surface area contributed by atoms with Gasteiger partial charge in [0, 0.05) is 23.4 Å². The molecule has 0 aromatic heterocycles. The summed E-state index contributed by atoms with van der Waals surface area (Å²) < 4.78 is 38.3. The van der Waals surface area contributed by atoms with Crippen LogP contribution < -0.4 is 19.5 Å². The van der Waals surface area contributed by atoms with E-state index in [2.05, 4.69) is 10.0 Å². The van der Waals surface area contributed by atoms with Gasteiger partial charge >= 0.3 is 0 Å². The maximum Gasteiger partial charge on any atom is 0.229 e. The molecule has 1 fully saturated rings. The molecule has 0 saturated heterocycles. The number of amides is 1. The van der Waals surface area contributed by atoms with Crippen molar-refractivity contribution < 1.29 is 22.7 Å². The molecule has 2 N–H and O–H groups in total. The van der Waals surface area contributed by atoms with Crippen molar-refractivity contribution in [3.05, 3.63) is 52.5 Å². The number of para-hydroxylation sites is 1. The average Bonchev–Trinajstić information content (AvgIpc) is 2.71. The van der Waals surface area contributed by atoms with Gasteiger partial charge in [0.2, 0.25) is 15.9 Å². The lowest BCUT2D eigenvalue weighted by atomic mass is 9.73. The second-order valence-electron chi connectivity index (χ2n) is 9.48. The Labute approximate surface area is 206 Å². The Bertz CT molecular complexity index is 1180. The highest BCUT2D eigenvalue weighted by atomic mass is 35.5. The maximum absolute atomic E-state index is 13.0. The smallest absolute Gasteiger partial charge is 0.229 e. The van der Waals surface area contributed by atoms with Gasteiger partial charge in [-0.1, -0.05) is 23.7 Å². The molecular formula is C25H31ClN2O5S. The first-order chi connectivity index (χ1) is 16.0. The molecule has 34 heavy (non-hydrogen) atoms. The fraction of sp³-hybridized carbons (Fsp3) is 0.480. The van der Waals surface area contributed by atoms with Gasteiger partial charge in [0.25, 0.3) is 0 Å². The van der Waals surface area contributed by atoms with Gasteiger partial charge < -0.3 is 14.8 Å². The zero-order valence-electron chi connectivity index (χ0n) is 19.7. The summed E-state index contributed by atoms with van der Waals surface area (Å²) in [6.45, 7) is 3.75. The van der Waals surface area contributed by atoms with E-state index in [0.717, 1.165) is 48.8 Å². The molecule has 1 saturated carbocycles. The highest BCUT2D eigenvalue weighted by Gasteiger charge is 2.46. The van der Waals surface area contributed by atoms with Gasteiger partial charge in [-0.2, -0.15) is 0 Å². The second-order valence-corrected chi connectivity index (χ2v) is 11.7. The average molecular weight is 507 g/mol. The summed E-state index contributed by atoms with van der Waals surface area (Å²) in [7, 11) is -3.47. The third-order valence-corrected chi connectivity index (χ3v) is 7.04. The predicted octanol–water partition coefficient (Wildman–Crippen LogP) is 4.99. The van der Waals surface area contributed by atoms with E-state index in [0.29, 0.717) is 22.9 Å². The second kappa shape index (κ2) is 9.66. The van der Waals surface area contributed by atoms with Crippen LogP contribution in [0.25, 0.3) is 0 Å². The number of carbonyl (C=O) groups is 1. The highest BCUT2D eigenvalue weighted by molar-refractivity contribution is 7.92. The number of anilines is 1. The van der Waals surface area contributed by atoms with E-state index in [1.807, 2.05) is 38.1 Å². The highest BCUT2D eigenvalue weighted by Crippen LogP contribution is 2.49. The van der Waals surface area contributed by atoms with Gasteiger partial charge in [-0.05, 0) is 69.4 Å². The summed E-state index contributed by atoms with van der Waals surface area (Å²) in [5.41, 5.74) is 1.84. The number of aryl methyl sites for hydroxylation is 1. The molecule has 2 aromatic carbocycles. The summed E-state index contributed by atoms with van der Waals surface area (Å²) in [5, 5.41) is 3.79. The minimum Gasteiger partial charge on any atom is -0.489 e. The molecule has 1 heterocycles. The Morgan fingerprint density at radius 2 is 2.03 bits per heavy atom. The van der Waals surface area contributed by atoms with Crippen LogP contribution in [0, 0.1) is 0 Å². The standard InChI is InChI=1S/C25H31ClN2O5S/c1-16(2)32-24-17(6-4-7-20(24)28-34(3,30)31)8-11-23(29)27-21-15-25(12-5-13-25)33-22-10-9-18(26)14-19(21)22/h4,6-7,9-10,14,16,21,28H,5,8,11-13,15H2,1-3H3,(H,27,29). The Hall–Kier alpha value is -2.45. The number of halogens is 1.